The van der Waals surface area contributed by atoms with Crippen LogP contribution in [0.5, 0.6) is 34.5 Å². The molecule has 0 aromatic heterocycles. The molecule has 2 saturated carbocycles. The van der Waals surface area contributed by atoms with Crippen LogP contribution in [0.3, 0.4) is 0 Å². The molecule has 3 aliphatic heterocycles. The first kappa shape index (κ1) is 48.2. The van der Waals surface area contributed by atoms with E-state index in [4.69, 9.17) is 47.9 Å². The van der Waals surface area contributed by atoms with Gasteiger partial charge in [-0.15, -0.1) is 6.58 Å². The molecular formula is C53H65N3O13. The first-order valence-corrected chi connectivity index (χ1v) is 24.5. The zero-order valence-electron chi connectivity index (χ0n) is 39.6. The van der Waals surface area contributed by atoms with Crippen molar-refractivity contribution in [3.63, 3.8) is 0 Å². The van der Waals surface area contributed by atoms with Crippen LogP contribution in [0.15, 0.2) is 84.1 Å². The number of aliphatic hydroxyl groups is 2. The first-order valence-electron chi connectivity index (χ1n) is 24.5. The number of carbonyl (C=O) groups excluding carboxylic acids is 2. The standard InChI is InChI=1S/C53H65N3O13/c1-4-24-66-53-47(56(51(59)34-15-16-34)31-33-14-20-44-46(26-33)65-32-64-44)30-42(55-69-48-13-7-10-25-63-48)39-27-35(11-5-8-22-57)38(12-6-9-23-58)49(50(39)53)40-28-37(18-21-43(40)68-53)67-52(60)54-41-19-17-36(61-2)29-45(41)62-3/h4,14,17-21,26-29,34-35,38,47-50,57-58H,1,5-13,15-16,22-25,30-32H2,2-3H3,(H,54,60). The summed E-state index contributed by atoms with van der Waals surface area (Å²) in [6, 6.07) is 15.5. The molecular weight excluding hydrogens is 887 g/mol. The van der Waals surface area contributed by atoms with Crippen LogP contribution in [0.1, 0.15) is 94.1 Å². The monoisotopic (exact) mass is 951 g/mol. The van der Waals surface area contributed by atoms with Crippen molar-refractivity contribution in [1.29, 1.82) is 0 Å². The number of hydrogen-bond donors (Lipinski definition) is 3. The molecule has 3 N–H and O–H groups in total. The molecule has 0 radical (unpaired) electrons. The number of nitrogens with one attached hydrogen (secondary N) is 1. The number of allylic oxidation sites excluding steroid dienone is 1. The van der Waals surface area contributed by atoms with Gasteiger partial charge in [0.05, 0.1) is 44.8 Å². The number of fused-ring (bicyclic) bond motifs is 3. The van der Waals surface area contributed by atoms with Gasteiger partial charge in [0.2, 0.25) is 24.8 Å². The van der Waals surface area contributed by atoms with Crippen LogP contribution < -0.4 is 33.7 Å². The van der Waals surface area contributed by atoms with Crippen molar-refractivity contribution < 1.29 is 62.5 Å². The Morgan fingerprint density at radius 2 is 1.71 bits per heavy atom. The van der Waals surface area contributed by atoms with E-state index in [1.165, 1.54) is 7.11 Å². The highest BCUT2D eigenvalue weighted by molar-refractivity contribution is 6.03. The average molecular weight is 952 g/mol. The lowest BCUT2D eigenvalue weighted by molar-refractivity contribution is -0.258. The number of amides is 2. The van der Waals surface area contributed by atoms with E-state index in [9.17, 15) is 15.0 Å². The predicted octanol–water partition coefficient (Wildman–Crippen LogP) is 8.64. The fourth-order valence-corrected chi connectivity index (χ4v) is 10.9. The molecule has 3 aliphatic carbocycles. The van der Waals surface area contributed by atoms with E-state index in [1.807, 2.05) is 35.2 Å². The Bertz CT molecular complexity index is 2380. The summed E-state index contributed by atoms with van der Waals surface area (Å²) < 4.78 is 49.1. The molecule has 9 rings (SSSR count). The molecule has 6 aliphatic rings. The zero-order chi connectivity index (χ0) is 47.9. The fourth-order valence-electron chi connectivity index (χ4n) is 10.9. The van der Waals surface area contributed by atoms with Crippen LogP contribution in [-0.4, -0.2) is 98.4 Å². The Kier molecular flexibility index (Phi) is 15.3. The lowest BCUT2D eigenvalue weighted by atomic mass is 9.55. The average Bonchev–Trinajstić information content (AvgIpc) is 4.12. The number of carbonyl (C=O) groups is 2. The Morgan fingerprint density at radius 1 is 0.913 bits per heavy atom. The number of benzene rings is 3. The molecule has 3 heterocycles. The van der Waals surface area contributed by atoms with Crippen molar-refractivity contribution in [3.05, 3.63) is 90.0 Å². The normalized spacial score (nSPS) is 25.9. The summed E-state index contributed by atoms with van der Waals surface area (Å²) in [6.07, 6.45) is 11.4. The van der Waals surface area contributed by atoms with Crippen molar-refractivity contribution in [2.75, 3.05) is 52.8 Å². The molecule has 3 aromatic carbocycles. The summed E-state index contributed by atoms with van der Waals surface area (Å²) in [5.74, 6) is 0.448. The molecule has 7 unspecified atom stereocenters. The summed E-state index contributed by atoms with van der Waals surface area (Å²) in [6.45, 7) is 5.23. The molecule has 7 atom stereocenters. The molecule has 0 spiro atoms. The number of unbranched alkanes of at least 4 members (excludes halogenated alkanes) is 2. The highest BCUT2D eigenvalue weighted by atomic mass is 16.8. The summed E-state index contributed by atoms with van der Waals surface area (Å²) >= 11 is 0. The maximum atomic E-state index is 15.0. The van der Waals surface area contributed by atoms with Crippen molar-refractivity contribution in [1.82, 2.24) is 4.90 Å². The lowest BCUT2D eigenvalue weighted by Crippen LogP contribution is -2.70. The van der Waals surface area contributed by atoms with E-state index < -0.39 is 30.1 Å². The number of anilines is 1. The smallest absolute Gasteiger partial charge is 0.417 e. The topological polar surface area (TPSA) is 185 Å². The van der Waals surface area contributed by atoms with E-state index in [2.05, 4.69) is 18.0 Å². The third kappa shape index (κ3) is 10.4. The second-order valence-electron chi connectivity index (χ2n) is 18.7. The van der Waals surface area contributed by atoms with Crippen LogP contribution in [0.4, 0.5) is 10.5 Å². The number of aliphatic hydroxyl groups excluding tert-OH is 2. The minimum absolute atomic E-state index is 0.00419. The van der Waals surface area contributed by atoms with E-state index in [0.717, 1.165) is 68.1 Å². The van der Waals surface area contributed by atoms with Crippen LogP contribution >= 0.6 is 0 Å². The summed E-state index contributed by atoms with van der Waals surface area (Å²) in [5.41, 5.74) is 3.64. The van der Waals surface area contributed by atoms with E-state index in [1.54, 1.807) is 37.5 Å². The first-order chi connectivity index (χ1) is 33.8. The molecule has 16 nitrogen and oxygen atoms in total. The van der Waals surface area contributed by atoms with Gasteiger partial charge in [0.1, 0.15) is 29.0 Å². The van der Waals surface area contributed by atoms with Gasteiger partial charge >= 0.3 is 6.09 Å². The van der Waals surface area contributed by atoms with Gasteiger partial charge in [-0.1, -0.05) is 36.2 Å². The van der Waals surface area contributed by atoms with E-state index in [0.29, 0.717) is 66.0 Å². The molecule has 370 valence electrons. The third-order valence-corrected chi connectivity index (χ3v) is 14.3. The van der Waals surface area contributed by atoms with Gasteiger partial charge < -0.3 is 57.8 Å². The number of nitrogens with zero attached hydrogens (tertiary/aromatic N) is 2. The number of oxime groups is 1. The number of hydrogen-bond acceptors (Lipinski definition) is 14. The van der Waals surface area contributed by atoms with Gasteiger partial charge in [-0.2, -0.15) is 0 Å². The minimum Gasteiger partial charge on any atom is -0.497 e. The summed E-state index contributed by atoms with van der Waals surface area (Å²) in [5, 5.41) is 27.9. The van der Waals surface area contributed by atoms with Gasteiger partial charge in [-0.05, 0) is 117 Å². The molecule has 69 heavy (non-hydrogen) atoms. The third-order valence-electron chi connectivity index (χ3n) is 14.3. The Labute approximate surface area is 403 Å². The van der Waals surface area contributed by atoms with Crippen LogP contribution in [0, 0.1) is 23.7 Å². The largest absolute Gasteiger partial charge is 0.497 e. The minimum atomic E-state index is -1.48. The zero-order valence-corrected chi connectivity index (χ0v) is 39.6. The Morgan fingerprint density at radius 3 is 2.46 bits per heavy atom. The van der Waals surface area contributed by atoms with Crippen molar-refractivity contribution in [2.45, 2.75) is 108 Å². The molecule has 2 amide bonds. The molecule has 1 saturated heterocycles. The van der Waals surface area contributed by atoms with Crippen LogP contribution in [0.25, 0.3) is 0 Å². The van der Waals surface area contributed by atoms with E-state index in [-0.39, 0.29) is 74.9 Å². The highest BCUT2D eigenvalue weighted by Crippen LogP contribution is 2.62. The van der Waals surface area contributed by atoms with Crippen LogP contribution in [-0.2, 0) is 25.7 Å². The molecule has 3 aromatic rings. The van der Waals surface area contributed by atoms with Crippen molar-refractivity contribution in [2.24, 2.45) is 28.8 Å². The maximum absolute atomic E-state index is 15.0. The van der Waals surface area contributed by atoms with Gasteiger partial charge in [0, 0.05) is 56.1 Å². The predicted molar refractivity (Wildman–Crippen MR) is 255 cm³/mol. The second kappa shape index (κ2) is 21.9. The molecule has 16 heteroatoms. The maximum Gasteiger partial charge on any atom is 0.417 e. The SMILES string of the molecule is C=CCOC12Oc3ccc(OC(=O)Nc4ccc(OC)cc4OC)cc3C3C(CCCCO)C(CCCCO)C=C(C(=NOC4CCCCO4)CC1N(Cc1ccc4c(c1)OCO4)C(=O)C1CC1)C32. The number of rotatable bonds is 21. The summed E-state index contributed by atoms with van der Waals surface area (Å²) in [4.78, 5) is 37.0. The highest BCUT2D eigenvalue weighted by Gasteiger charge is 2.66. The Balaban J connectivity index is 1.19. The molecule has 0 bridgehead atoms. The number of ether oxygens (including phenoxy) is 8. The van der Waals surface area contributed by atoms with Gasteiger partial charge in [0.15, 0.2) is 11.5 Å². The second-order valence-corrected chi connectivity index (χ2v) is 18.7. The Hall–Kier alpha value is -5.81. The van der Waals surface area contributed by atoms with Crippen molar-refractivity contribution >= 4 is 23.4 Å². The quantitative estimate of drug-likeness (QED) is 0.0524. The van der Waals surface area contributed by atoms with Gasteiger partial charge in [-0.25, -0.2) is 4.79 Å². The van der Waals surface area contributed by atoms with Crippen molar-refractivity contribution in [3.8, 4) is 34.5 Å². The van der Waals surface area contributed by atoms with E-state index >= 15 is 4.79 Å². The number of methoxy groups -OCH3 is 2. The molecule has 3 fully saturated rings. The summed E-state index contributed by atoms with van der Waals surface area (Å²) in [7, 11) is 3.06. The van der Waals surface area contributed by atoms with Gasteiger partial charge in [0.25, 0.3) is 0 Å². The fraction of sp³-hybridized carbons (Fsp3) is 0.528. The van der Waals surface area contributed by atoms with Crippen LogP contribution in [0.2, 0.25) is 0 Å². The van der Waals surface area contributed by atoms with Gasteiger partial charge in [-0.3, -0.25) is 10.1 Å². The lowest BCUT2D eigenvalue weighted by Gasteiger charge is -2.60.